The van der Waals surface area contributed by atoms with Crippen LogP contribution in [0.3, 0.4) is 0 Å². The minimum absolute atomic E-state index is 0.0804. The molecule has 1 atom stereocenters. The molecule has 1 aliphatic rings. The summed E-state index contributed by atoms with van der Waals surface area (Å²) in [5.41, 5.74) is 2.76. The molecule has 3 rings (SSSR count). The van der Waals surface area contributed by atoms with Crippen molar-refractivity contribution in [3.8, 4) is 0 Å². The number of rotatable bonds is 9. The zero-order chi connectivity index (χ0) is 23.1. The van der Waals surface area contributed by atoms with Crippen molar-refractivity contribution in [2.24, 2.45) is 0 Å². The number of halogens is 1. The summed E-state index contributed by atoms with van der Waals surface area (Å²) in [7, 11) is 0. The van der Waals surface area contributed by atoms with E-state index in [1.807, 2.05) is 0 Å². The summed E-state index contributed by atoms with van der Waals surface area (Å²) < 4.78 is 14.3. The molecule has 1 saturated carbocycles. The fraction of sp³-hybridized carbons (Fsp3) is 0.481. The topological polar surface area (TPSA) is 49.4 Å². The maximum Gasteiger partial charge on any atom is 0.242 e. The number of amides is 2. The van der Waals surface area contributed by atoms with Gasteiger partial charge in [-0.05, 0) is 49.3 Å². The highest BCUT2D eigenvalue weighted by Gasteiger charge is 2.28. The fourth-order valence-electron chi connectivity index (χ4n) is 4.25. The number of nitrogens with zero attached hydrogens (tertiary/aromatic N) is 1. The second-order valence-electron chi connectivity index (χ2n) is 9.18. The highest BCUT2D eigenvalue weighted by Crippen LogP contribution is 2.20. The van der Waals surface area contributed by atoms with Crippen LogP contribution in [0, 0.1) is 5.82 Å². The maximum absolute atomic E-state index is 14.3. The van der Waals surface area contributed by atoms with Gasteiger partial charge in [0.05, 0.1) is 0 Å². The zero-order valence-corrected chi connectivity index (χ0v) is 19.4. The Balaban J connectivity index is 1.70. The highest BCUT2D eigenvalue weighted by atomic mass is 19.1. The van der Waals surface area contributed by atoms with Crippen LogP contribution in [0.1, 0.15) is 75.5 Å². The van der Waals surface area contributed by atoms with E-state index >= 15 is 0 Å². The second kappa shape index (κ2) is 11.3. The Morgan fingerprint density at radius 3 is 2.31 bits per heavy atom. The number of carbonyl (C=O) groups excluding carboxylic acids is 2. The number of hydrogen-bond acceptors (Lipinski definition) is 2. The van der Waals surface area contributed by atoms with E-state index in [9.17, 15) is 14.0 Å². The number of carbonyl (C=O) groups is 2. The van der Waals surface area contributed by atoms with Crippen LogP contribution in [0.2, 0.25) is 0 Å². The maximum atomic E-state index is 14.3. The van der Waals surface area contributed by atoms with Gasteiger partial charge >= 0.3 is 0 Å². The third kappa shape index (κ3) is 6.41. The van der Waals surface area contributed by atoms with Gasteiger partial charge in [-0.2, -0.15) is 0 Å². The average molecular weight is 439 g/mol. The van der Waals surface area contributed by atoms with Crippen molar-refractivity contribution < 1.29 is 14.0 Å². The van der Waals surface area contributed by atoms with Crippen LogP contribution in [0.4, 0.5) is 4.39 Å². The first-order chi connectivity index (χ1) is 15.3. The smallest absolute Gasteiger partial charge is 0.242 e. The molecule has 0 saturated heterocycles. The lowest BCUT2D eigenvalue weighted by Gasteiger charge is -2.30. The molecule has 2 amide bonds. The van der Waals surface area contributed by atoms with Gasteiger partial charge in [-0.15, -0.1) is 0 Å². The van der Waals surface area contributed by atoms with Crippen molar-refractivity contribution in [1.82, 2.24) is 10.2 Å². The number of benzene rings is 2. The largest absolute Gasteiger partial charge is 0.352 e. The second-order valence-corrected chi connectivity index (χ2v) is 9.18. The molecular weight excluding hydrogens is 403 g/mol. The average Bonchev–Trinajstić information content (AvgIpc) is 3.29. The number of nitrogens with one attached hydrogen (secondary N) is 1. The van der Waals surface area contributed by atoms with Gasteiger partial charge in [0.2, 0.25) is 11.8 Å². The van der Waals surface area contributed by atoms with Gasteiger partial charge in [-0.25, -0.2) is 4.39 Å². The van der Waals surface area contributed by atoms with Crippen LogP contribution in [0.25, 0.3) is 0 Å². The van der Waals surface area contributed by atoms with Crippen molar-refractivity contribution >= 4 is 11.8 Å². The lowest BCUT2D eigenvalue weighted by Crippen LogP contribution is -2.49. The minimum Gasteiger partial charge on any atom is -0.352 e. The molecule has 32 heavy (non-hydrogen) atoms. The summed E-state index contributed by atoms with van der Waals surface area (Å²) in [5.74, 6) is -0.211. The number of aryl methyl sites for hydroxylation is 1. The monoisotopic (exact) mass is 438 g/mol. The van der Waals surface area contributed by atoms with Gasteiger partial charge in [-0.1, -0.05) is 69.2 Å². The van der Waals surface area contributed by atoms with E-state index in [4.69, 9.17) is 0 Å². The van der Waals surface area contributed by atoms with Crippen LogP contribution < -0.4 is 5.32 Å². The molecule has 2 aromatic carbocycles. The van der Waals surface area contributed by atoms with Crippen LogP contribution in [0.15, 0.2) is 48.5 Å². The Labute approximate surface area is 191 Å². The Morgan fingerprint density at radius 2 is 1.69 bits per heavy atom. The Morgan fingerprint density at radius 1 is 1.03 bits per heavy atom. The third-order valence-corrected chi connectivity index (χ3v) is 6.44. The first kappa shape index (κ1) is 24.0. The van der Waals surface area contributed by atoms with Gasteiger partial charge in [-0.3, -0.25) is 9.59 Å². The van der Waals surface area contributed by atoms with Gasteiger partial charge in [0.25, 0.3) is 0 Å². The first-order valence-electron chi connectivity index (χ1n) is 11.8. The van der Waals surface area contributed by atoms with E-state index in [1.54, 1.807) is 25.1 Å². The molecule has 172 valence electrons. The van der Waals surface area contributed by atoms with E-state index in [1.165, 1.54) is 16.5 Å². The molecule has 0 spiro atoms. The van der Waals surface area contributed by atoms with Gasteiger partial charge in [0, 0.05) is 24.6 Å². The molecule has 1 fully saturated rings. The molecule has 0 unspecified atom stereocenters. The van der Waals surface area contributed by atoms with Crippen molar-refractivity contribution in [2.45, 2.75) is 83.8 Å². The molecule has 1 aliphatic carbocycles. The van der Waals surface area contributed by atoms with Gasteiger partial charge in [0.1, 0.15) is 11.9 Å². The van der Waals surface area contributed by atoms with Crippen molar-refractivity contribution in [2.75, 3.05) is 0 Å². The Kier molecular flexibility index (Phi) is 8.43. The molecule has 0 aliphatic heterocycles. The molecule has 4 nitrogen and oxygen atoms in total. The van der Waals surface area contributed by atoms with Crippen molar-refractivity contribution in [3.05, 3.63) is 71.0 Å². The third-order valence-electron chi connectivity index (χ3n) is 6.44. The first-order valence-corrected chi connectivity index (χ1v) is 11.8. The van der Waals surface area contributed by atoms with Gasteiger partial charge < -0.3 is 10.2 Å². The normalized spacial score (nSPS) is 15.0. The summed E-state index contributed by atoms with van der Waals surface area (Å²) >= 11 is 0. The lowest BCUT2D eigenvalue weighted by molar-refractivity contribution is -0.140. The van der Waals surface area contributed by atoms with E-state index in [2.05, 4.69) is 43.4 Å². The molecule has 0 radical (unpaired) electrons. The van der Waals surface area contributed by atoms with Crippen LogP contribution in [-0.2, 0) is 22.6 Å². The van der Waals surface area contributed by atoms with E-state index < -0.39 is 6.04 Å². The van der Waals surface area contributed by atoms with Crippen molar-refractivity contribution in [3.63, 3.8) is 0 Å². The molecular formula is C27H35FN2O2. The highest BCUT2D eigenvalue weighted by molar-refractivity contribution is 5.87. The Hall–Kier alpha value is -2.69. The summed E-state index contributed by atoms with van der Waals surface area (Å²) in [6.07, 6.45) is 5.05. The standard InChI is InChI=1S/C27H35FN2O2/c1-19(2)22-15-12-21(13-16-22)14-17-26(31)30(18-23-8-4-7-11-25(23)28)20(3)27(32)29-24-9-5-6-10-24/h4,7-8,11-13,15-16,19-20,24H,5-6,9-10,14,17-18H2,1-3H3,(H,29,32)/t20-/m0/s1. The van der Waals surface area contributed by atoms with Crippen LogP contribution in [-0.4, -0.2) is 28.8 Å². The predicted molar refractivity (Wildman–Crippen MR) is 126 cm³/mol. The van der Waals surface area contributed by atoms with Gasteiger partial charge in [0.15, 0.2) is 0 Å². The predicted octanol–water partition coefficient (Wildman–Crippen LogP) is 5.36. The van der Waals surface area contributed by atoms with E-state index in [0.29, 0.717) is 17.9 Å². The molecule has 0 bridgehead atoms. The molecule has 5 heteroatoms. The molecule has 0 heterocycles. The van der Waals surface area contributed by atoms with Crippen molar-refractivity contribution in [1.29, 1.82) is 0 Å². The van der Waals surface area contributed by atoms with Crippen LogP contribution in [0.5, 0.6) is 0 Å². The molecule has 0 aromatic heterocycles. The van der Waals surface area contributed by atoms with Crippen LogP contribution >= 0.6 is 0 Å². The lowest BCUT2D eigenvalue weighted by atomic mass is 10.00. The zero-order valence-electron chi connectivity index (χ0n) is 19.4. The summed E-state index contributed by atoms with van der Waals surface area (Å²) in [6, 6.07) is 14.3. The molecule has 1 N–H and O–H groups in total. The quantitative estimate of drug-likeness (QED) is 0.573. The number of hydrogen-bond donors (Lipinski definition) is 1. The summed E-state index contributed by atoms with van der Waals surface area (Å²) in [5, 5.41) is 3.08. The fourth-order valence-corrected chi connectivity index (χ4v) is 4.25. The minimum atomic E-state index is -0.661. The summed E-state index contributed by atoms with van der Waals surface area (Å²) in [4.78, 5) is 27.6. The van der Waals surface area contributed by atoms with E-state index in [0.717, 1.165) is 31.2 Å². The SMILES string of the molecule is CC(C)c1ccc(CCC(=O)N(Cc2ccccc2F)[C@@H](C)C(=O)NC2CCCC2)cc1. The Bertz CT molecular complexity index is 904. The summed E-state index contributed by atoms with van der Waals surface area (Å²) in [6.45, 7) is 6.12. The van der Waals surface area contributed by atoms with E-state index in [-0.39, 0.29) is 36.6 Å². The molecule has 2 aromatic rings.